The van der Waals surface area contributed by atoms with E-state index in [0.717, 1.165) is 0 Å². The standard InChI is InChI=1S/C11H14BrFN2O/c1-11(2,3)15-10(16)14-9-5-4-7(12)6-8(9)13/h4-6H,1-3H3,(H2,14,15,16). The fourth-order valence-electron chi connectivity index (χ4n) is 1.09. The fourth-order valence-corrected chi connectivity index (χ4v) is 1.42. The number of benzene rings is 1. The van der Waals surface area contributed by atoms with E-state index in [-0.39, 0.29) is 11.2 Å². The second-order valence-corrected chi connectivity index (χ2v) is 5.37. The van der Waals surface area contributed by atoms with E-state index in [4.69, 9.17) is 0 Å². The molecule has 1 rings (SSSR count). The predicted octanol–water partition coefficient (Wildman–Crippen LogP) is 3.51. The molecule has 0 saturated heterocycles. The van der Waals surface area contributed by atoms with Crippen LogP contribution < -0.4 is 10.6 Å². The Morgan fingerprint density at radius 2 is 2.00 bits per heavy atom. The largest absolute Gasteiger partial charge is 0.333 e. The van der Waals surface area contributed by atoms with Gasteiger partial charge in [-0.25, -0.2) is 9.18 Å². The monoisotopic (exact) mass is 288 g/mol. The predicted molar refractivity (Wildman–Crippen MR) is 66.0 cm³/mol. The van der Waals surface area contributed by atoms with E-state index in [0.29, 0.717) is 4.47 Å². The molecule has 5 heteroatoms. The van der Waals surface area contributed by atoms with Crippen LogP contribution in [0.2, 0.25) is 0 Å². The summed E-state index contributed by atoms with van der Waals surface area (Å²) >= 11 is 3.14. The first-order chi connectivity index (χ1) is 7.28. The van der Waals surface area contributed by atoms with Gasteiger partial charge in [-0.3, -0.25) is 0 Å². The Balaban J connectivity index is 2.70. The summed E-state index contributed by atoms with van der Waals surface area (Å²) in [5.41, 5.74) is -0.194. The molecule has 0 bridgehead atoms. The van der Waals surface area contributed by atoms with E-state index in [1.165, 1.54) is 12.1 Å². The number of halogens is 2. The number of hydrogen-bond donors (Lipinski definition) is 2. The van der Waals surface area contributed by atoms with Crippen LogP contribution in [0.25, 0.3) is 0 Å². The van der Waals surface area contributed by atoms with Crippen molar-refractivity contribution in [1.29, 1.82) is 0 Å². The Labute approximate surface area is 103 Å². The molecule has 1 aromatic carbocycles. The third-order valence-electron chi connectivity index (χ3n) is 1.67. The van der Waals surface area contributed by atoms with E-state index in [9.17, 15) is 9.18 Å². The van der Waals surface area contributed by atoms with Crippen molar-refractivity contribution < 1.29 is 9.18 Å². The lowest BCUT2D eigenvalue weighted by Gasteiger charge is -2.20. The lowest BCUT2D eigenvalue weighted by molar-refractivity contribution is 0.243. The molecule has 2 N–H and O–H groups in total. The molecule has 0 fully saturated rings. The van der Waals surface area contributed by atoms with Gasteiger partial charge in [0.1, 0.15) is 5.82 Å². The summed E-state index contributed by atoms with van der Waals surface area (Å²) in [6, 6.07) is 4.04. The minimum absolute atomic E-state index is 0.157. The summed E-state index contributed by atoms with van der Waals surface area (Å²) in [6.45, 7) is 5.56. The molecule has 1 aromatic rings. The van der Waals surface area contributed by atoms with Crippen molar-refractivity contribution in [3.63, 3.8) is 0 Å². The second kappa shape index (κ2) is 4.82. The molecule has 88 valence electrons. The smallest absolute Gasteiger partial charge is 0.319 e. The minimum atomic E-state index is -0.474. The van der Waals surface area contributed by atoms with Crippen molar-refractivity contribution in [2.75, 3.05) is 5.32 Å². The van der Waals surface area contributed by atoms with Crippen LogP contribution in [0.5, 0.6) is 0 Å². The summed E-state index contributed by atoms with van der Waals surface area (Å²) in [4.78, 5) is 11.5. The zero-order chi connectivity index (χ0) is 12.3. The molecule has 3 nitrogen and oxygen atoms in total. The highest BCUT2D eigenvalue weighted by Gasteiger charge is 2.14. The average molecular weight is 289 g/mol. The highest BCUT2D eigenvalue weighted by Crippen LogP contribution is 2.19. The van der Waals surface area contributed by atoms with E-state index >= 15 is 0 Å². The first kappa shape index (κ1) is 13.0. The van der Waals surface area contributed by atoms with Gasteiger partial charge in [-0.1, -0.05) is 15.9 Å². The highest BCUT2D eigenvalue weighted by atomic mass is 79.9. The molecular formula is C11H14BrFN2O. The maximum atomic E-state index is 13.4. The van der Waals surface area contributed by atoms with Gasteiger partial charge in [0.2, 0.25) is 0 Å². The number of hydrogen-bond acceptors (Lipinski definition) is 1. The summed E-state index contributed by atoms with van der Waals surface area (Å²) in [6.07, 6.45) is 0. The summed E-state index contributed by atoms with van der Waals surface area (Å²) in [5.74, 6) is -0.474. The van der Waals surface area contributed by atoms with E-state index in [1.54, 1.807) is 6.07 Å². The van der Waals surface area contributed by atoms with Crippen molar-refractivity contribution in [3.05, 3.63) is 28.5 Å². The molecule has 0 aliphatic rings. The van der Waals surface area contributed by atoms with Gasteiger partial charge in [0.25, 0.3) is 0 Å². The van der Waals surface area contributed by atoms with E-state index < -0.39 is 11.8 Å². The average Bonchev–Trinajstić information content (AvgIpc) is 2.06. The maximum Gasteiger partial charge on any atom is 0.319 e. The van der Waals surface area contributed by atoms with Crippen molar-refractivity contribution in [2.45, 2.75) is 26.3 Å². The molecule has 0 unspecified atom stereocenters. The fraction of sp³-hybridized carbons (Fsp3) is 0.364. The van der Waals surface area contributed by atoms with Crippen molar-refractivity contribution in [3.8, 4) is 0 Å². The highest BCUT2D eigenvalue weighted by molar-refractivity contribution is 9.10. The van der Waals surface area contributed by atoms with E-state index in [1.807, 2.05) is 20.8 Å². The molecule has 0 heterocycles. The van der Waals surface area contributed by atoms with Gasteiger partial charge in [-0.15, -0.1) is 0 Å². The van der Waals surface area contributed by atoms with Crippen LogP contribution in [0.3, 0.4) is 0 Å². The van der Waals surface area contributed by atoms with E-state index in [2.05, 4.69) is 26.6 Å². The maximum absolute atomic E-state index is 13.4. The van der Waals surface area contributed by atoms with Crippen LogP contribution in [0.1, 0.15) is 20.8 Å². The van der Waals surface area contributed by atoms with Gasteiger partial charge < -0.3 is 10.6 Å². The van der Waals surface area contributed by atoms with Crippen LogP contribution in [0, 0.1) is 5.82 Å². The van der Waals surface area contributed by atoms with Crippen LogP contribution >= 0.6 is 15.9 Å². The van der Waals surface area contributed by atoms with Crippen molar-refractivity contribution in [2.24, 2.45) is 0 Å². The third kappa shape index (κ3) is 4.18. The topological polar surface area (TPSA) is 41.1 Å². The Hall–Kier alpha value is -1.10. The number of carbonyl (C=O) groups excluding carboxylic acids is 1. The van der Waals surface area contributed by atoms with Crippen molar-refractivity contribution in [1.82, 2.24) is 5.32 Å². The summed E-state index contributed by atoms with van der Waals surface area (Å²) < 4.78 is 14.0. The zero-order valence-corrected chi connectivity index (χ0v) is 11.0. The van der Waals surface area contributed by atoms with Crippen molar-refractivity contribution >= 4 is 27.6 Å². The molecule has 0 aliphatic heterocycles. The van der Waals surface area contributed by atoms with Gasteiger partial charge in [0.05, 0.1) is 5.69 Å². The van der Waals surface area contributed by atoms with Crippen LogP contribution in [0.15, 0.2) is 22.7 Å². The van der Waals surface area contributed by atoms with Gasteiger partial charge in [-0.05, 0) is 39.0 Å². The molecule has 0 aliphatic carbocycles. The number of rotatable bonds is 1. The molecule has 0 atom stereocenters. The first-order valence-corrected chi connectivity index (χ1v) is 5.61. The SMILES string of the molecule is CC(C)(C)NC(=O)Nc1ccc(Br)cc1F. The molecular weight excluding hydrogens is 275 g/mol. The lowest BCUT2D eigenvalue weighted by atomic mass is 10.1. The Bertz CT molecular complexity index is 401. The summed E-state index contributed by atoms with van der Waals surface area (Å²) in [7, 11) is 0. The Morgan fingerprint density at radius 3 is 2.50 bits per heavy atom. The summed E-state index contributed by atoms with van der Waals surface area (Å²) in [5, 5.41) is 5.13. The first-order valence-electron chi connectivity index (χ1n) is 4.82. The number of amides is 2. The lowest BCUT2D eigenvalue weighted by Crippen LogP contribution is -2.43. The number of nitrogens with one attached hydrogen (secondary N) is 2. The minimum Gasteiger partial charge on any atom is -0.333 e. The zero-order valence-electron chi connectivity index (χ0n) is 9.40. The van der Waals surface area contributed by atoms with Crippen LogP contribution in [-0.4, -0.2) is 11.6 Å². The van der Waals surface area contributed by atoms with Crippen LogP contribution in [0.4, 0.5) is 14.9 Å². The third-order valence-corrected chi connectivity index (χ3v) is 2.16. The van der Waals surface area contributed by atoms with Gasteiger partial charge in [-0.2, -0.15) is 0 Å². The van der Waals surface area contributed by atoms with Crippen LogP contribution in [-0.2, 0) is 0 Å². The molecule has 0 radical (unpaired) electrons. The normalized spacial score (nSPS) is 11.1. The molecule has 0 spiro atoms. The molecule has 2 amide bonds. The van der Waals surface area contributed by atoms with Gasteiger partial charge in [0, 0.05) is 10.0 Å². The van der Waals surface area contributed by atoms with Gasteiger partial charge in [0.15, 0.2) is 0 Å². The Kier molecular flexibility index (Phi) is 3.91. The second-order valence-electron chi connectivity index (χ2n) is 4.45. The quantitative estimate of drug-likeness (QED) is 0.816. The molecule has 16 heavy (non-hydrogen) atoms. The van der Waals surface area contributed by atoms with Gasteiger partial charge >= 0.3 is 6.03 Å². The molecule has 0 aromatic heterocycles. The number of anilines is 1. The molecule has 0 saturated carbocycles. The Morgan fingerprint density at radius 1 is 1.38 bits per heavy atom. The number of urea groups is 1. The number of carbonyl (C=O) groups is 1.